The molecule has 1 aliphatic rings. The van der Waals surface area contributed by atoms with Crippen molar-refractivity contribution in [3.8, 4) is 11.5 Å². The monoisotopic (exact) mass is 699 g/mol. The van der Waals surface area contributed by atoms with Crippen LogP contribution in [0.2, 0.25) is 10.0 Å². The average Bonchev–Trinajstić information content (AvgIpc) is 3.85. The number of pyridine rings is 1. The number of likely N-dealkylation sites (N-methyl/N-ethyl adjacent to an activating group) is 1. The van der Waals surface area contributed by atoms with E-state index in [2.05, 4.69) is 9.72 Å². The Labute approximate surface area is 276 Å². The zero-order chi connectivity index (χ0) is 33.8. The van der Waals surface area contributed by atoms with Crippen molar-refractivity contribution in [2.24, 2.45) is 5.92 Å². The van der Waals surface area contributed by atoms with E-state index in [1.807, 2.05) is 0 Å². The quantitative estimate of drug-likeness (QED) is 0.188. The molecule has 0 radical (unpaired) electrons. The number of nitrogens with zero attached hydrogens (tertiary/aromatic N) is 3. The molecule has 1 aliphatic carbocycles. The highest BCUT2D eigenvalue weighted by atomic mass is 35.5. The summed E-state index contributed by atoms with van der Waals surface area (Å²) in [5.41, 5.74) is 0.873. The van der Waals surface area contributed by atoms with Crippen molar-refractivity contribution in [3.63, 3.8) is 0 Å². The summed E-state index contributed by atoms with van der Waals surface area (Å²) < 4.78 is 70.5. The van der Waals surface area contributed by atoms with E-state index in [1.165, 1.54) is 87.8 Å². The molecule has 1 fully saturated rings. The summed E-state index contributed by atoms with van der Waals surface area (Å²) in [4.78, 5) is 31.1. The SMILES string of the molecule is C[C@@H](C(=O)O[C@@H](Cc1c(Cl)cncc1Cl)c1ccc(OC(F)F)c(OCC2CC2)c1)N(C)S(=O)(=O)c1cccc(C(=O)N(C)C)c1. The molecule has 0 aliphatic heterocycles. The van der Waals surface area contributed by atoms with Crippen molar-refractivity contribution in [2.75, 3.05) is 27.7 Å². The number of carbonyl (C=O) groups excluding carboxylic acids is 2. The van der Waals surface area contributed by atoms with Gasteiger partial charge in [-0.1, -0.05) is 35.3 Å². The summed E-state index contributed by atoms with van der Waals surface area (Å²) in [5.74, 6) is -1.19. The second-order valence-corrected chi connectivity index (χ2v) is 13.8. The molecule has 1 aromatic heterocycles. The number of sulfonamides is 1. The lowest BCUT2D eigenvalue weighted by Gasteiger charge is -2.27. The van der Waals surface area contributed by atoms with Crippen LogP contribution in [-0.4, -0.2) is 74.9 Å². The Morgan fingerprint density at radius 1 is 1.02 bits per heavy atom. The third kappa shape index (κ3) is 8.64. The Morgan fingerprint density at radius 2 is 1.70 bits per heavy atom. The maximum Gasteiger partial charge on any atom is 0.387 e. The van der Waals surface area contributed by atoms with E-state index in [-0.39, 0.29) is 45.0 Å². The van der Waals surface area contributed by atoms with Gasteiger partial charge in [-0.3, -0.25) is 14.6 Å². The molecule has 0 saturated heterocycles. The van der Waals surface area contributed by atoms with Crippen LogP contribution in [0.3, 0.4) is 0 Å². The number of rotatable bonds is 14. The number of amides is 1. The molecule has 15 heteroatoms. The number of aromatic nitrogens is 1. The Kier molecular flexibility index (Phi) is 11.5. The number of hydrogen-bond donors (Lipinski definition) is 0. The van der Waals surface area contributed by atoms with Crippen LogP contribution in [0.15, 0.2) is 59.8 Å². The molecule has 46 heavy (non-hydrogen) atoms. The fraction of sp³-hybridized carbons (Fsp3) is 0.387. The molecule has 2 aromatic carbocycles. The molecular formula is C31H33Cl2F2N3O7S. The lowest BCUT2D eigenvalue weighted by atomic mass is 10.0. The van der Waals surface area contributed by atoms with Crippen LogP contribution in [0.5, 0.6) is 11.5 Å². The number of alkyl halides is 2. The molecule has 0 unspecified atom stereocenters. The van der Waals surface area contributed by atoms with E-state index in [1.54, 1.807) is 0 Å². The van der Waals surface area contributed by atoms with Gasteiger partial charge in [0.2, 0.25) is 10.0 Å². The van der Waals surface area contributed by atoms with Crippen molar-refractivity contribution in [2.45, 2.75) is 49.8 Å². The van der Waals surface area contributed by atoms with Gasteiger partial charge in [0.1, 0.15) is 12.1 Å². The molecule has 1 saturated carbocycles. The number of benzene rings is 2. The molecule has 3 aromatic rings. The molecule has 4 rings (SSSR count). The number of ether oxygens (including phenoxy) is 3. The topological polar surface area (TPSA) is 115 Å². The van der Waals surface area contributed by atoms with Crippen LogP contribution in [0, 0.1) is 5.92 Å². The van der Waals surface area contributed by atoms with Gasteiger partial charge in [0.05, 0.1) is 21.5 Å². The number of esters is 1. The Morgan fingerprint density at radius 3 is 2.30 bits per heavy atom. The van der Waals surface area contributed by atoms with Gasteiger partial charge < -0.3 is 19.1 Å². The highest BCUT2D eigenvalue weighted by molar-refractivity contribution is 7.89. The predicted octanol–water partition coefficient (Wildman–Crippen LogP) is 6.02. The molecule has 10 nitrogen and oxygen atoms in total. The predicted molar refractivity (Wildman–Crippen MR) is 167 cm³/mol. The summed E-state index contributed by atoms with van der Waals surface area (Å²) in [5, 5.41) is 0.382. The molecule has 248 valence electrons. The second-order valence-electron chi connectivity index (χ2n) is 11.0. The molecule has 0 spiro atoms. The fourth-order valence-corrected chi connectivity index (χ4v) is 6.26. The maximum absolute atomic E-state index is 13.6. The van der Waals surface area contributed by atoms with Gasteiger partial charge in [-0.2, -0.15) is 13.1 Å². The zero-order valence-electron chi connectivity index (χ0n) is 25.5. The van der Waals surface area contributed by atoms with Crippen LogP contribution < -0.4 is 9.47 Å². The van der Waals surface area contributed by atoms with E-state index in [9.17, 15) is 26.8 Å². The van der Waals surface area contributed by atoms with Gasteiger partial charge in [-0.15, -0.1) is 0 Å². The van der Waals surface area contributed by atoms with Crippen LogP contribution in [0.25, 0.3) is 0 Å². The van der Waals surface area contributed by atoms with Gasteiger partial charge in [0, 0.05) is 45.5 Å². The third-order valence-corrected chi connectivity index (χ3v) is 9.95. The van der Waals surface area contributed by atoms with E-state index in [0.717, 1.165) is 17.1 Å². The minimum absolute atomic E-state index is 0.0255. The minimum atomic E-state index is -4.27. The lowest BCUT2D eigenvalue weighted by molar-refractivity contribution is -0.153. The van der Waals surface area contributed by atoms with Crippen molar-refractivity contribution < 1.29 is 41.0 Å². The summed E-state index contributed by atoms with van der Waals surface area (Å²) >= 11 is 12.7. The lowest BCUT2D eigenvalue weighted by Crippen LogP contribution is -2.41. The first kappa shape index (κ1) is 35.3. The Hall–Kier alpha value is -3.52. The van der Waals surface area contributed by atoms with Crippen molar-refractivity contribution in [3.05, 3.63) is 81.6 Å². The summed E-state index contributed by atoms with van der Waals surface area (Å²) in [6.45, 7) is -1.46. The van der Waals surface area contributed by atoms with E-state index >= 15 is 0 Å². The standard InChI is InChI=1S/C31H33Cl2F2N3O7S/c1-18(38(4)46(41,42)22-7-5-6-21(12-22)29(39)37(2)3)30(40)44-27(14-23-24(32)15-36-16-25(23)33)20-10-11-26(45-31(34)35)28(13-20)43-17-19-8-9-19/h5-7,10-13,15-16,18-19,27,31H,8-9,14,17H2,1-4H3/t18-,27-/m0/s1. The minimum Gasteiger partial charge on any atom is -0.489 e. The van der Waals surface area contributed by atoms with Gasteiger partial charge in [0.25, 0.3) is 5.91 Å². The molecule has 0 bridgehead atoms. The number of halogens is 4. The molecule has 1 heterocycles. The number of carbonyl (C=O) groups is 2. The van der Waals surface area contributed by atoms with Crippen LogP contribution >= 0.6 is 23.2 Å². The average molecular weight is 701 g/mol. The normalized spacial score (nSPS) is 14.6. The highest BCUT2D eigenvalue weighted by Gasteiger charge is 2.34. The molecule has 0 N–H and O–H groups in total. The highest BCUT2D eigenvalue weighted by Crippen LogP contribution is 2.38. The molecule has 1 amide bonds. The fourth-order valence-electron chi connectivity index (χ4n) is 4.38. The van der Waals surface area contributed by atoms with Crippen LogP contribution in [0.4, 0.5) is 8.78 Å². The maximum atomic E-state index is 13.6. The van der Waals surface area contributed by atoms with Crippen LogP contribution in [-0.2, 0) is 26.0 Å². The molecular weight excluding hydrogens is 667 g/mol. The zero-order valence-corrected chi connectivity index (χ0v) is 27.8. The Bertz CT molecular complexity index is 1670. The van der Waals surface area contributed by atoms with E-state index in [0.29, 0.717) is 17.0 Å². The summed E-state index contributed by atoms with van der Waals surface area (Å²) in [6, 6.07) is 8.27. The van der Waals surface area contributed by atoms with Crippen molar-refractivity contribution in [1.82, 2.24) is 14.2 Å². The summed E-state index contributed by atoms with van der Waals surface area (Å²) in [7, 11) is 0.0278. The van der Waals surface area contributed by atoms with Crippen molar-refractivity contribution >= 4 is 45.1 Å². The van der Waals surface area contributed by atoms with Crippen molar-refractivity contribution in [1.29, 1.82) is 0 Å². The van der Waals surface area contributed by atoms with Crippen LogP contribution in [0.1, 0.15) is 47.4 Å². The molecule has 2 atom stereocenters. The largest absolute Gasteiger partial charge is 0.489 e. The first-order valence-electron chi connectivity index (χ1n) is 14.2. The first-order chi connectivity index (χ1) is 21.7. The van der Waals surface area contributed by atoms with Gasteiger partial charge in [-0.05, 0) is 67.1 Å². The van der Waals surface area contributed by atoms with Gasteiger partial charge in [0.15, 0.2) is 11.5 Å². The smallest absolute Gasteiger partial charge is 0.387 e. The first-order valence-corrected chi connectivity index (χ1v) is 16.4. The van der Waals surface area contributed by atoms with Gasteiger partial charge in [-0.25, -0.2) is 8.42 Å². The summed E-state index contributed by atoms with van der Waals surface area (Å²) in [6.07, 6.45) is 3.45. The van der Waals surface area contributed by atoms with Gasteiger partial charge >= 0.3 is 12.6 Å². The number of hydrogen-bond acceptors (Lipinski definition) is 8. The Balaban J connectivity index is 1.64. The second kappa shape index (κ2) is 14.9. The van der Waals surface area contributed by atoms with E-state index < -0.39 is 40.7 Å². The third-order valence-electron chi connectivity index (χ3n) is 7.38. The van der Waals surface area contributed by atoms with E-state index in [4.69, 9.17) is 32.7 Å².